The van der Waals surface area contributed by atoms with E-state index in [1.807, 2.05) is 11.4 Å². The molecule has 1 aliphatic heterocycles. The van der Waals surface area contributed by atoms with E-state index < -0.39 is 4.92 Å². The molecule has 2 atom stereocenters. The zero-order valence-corrected chi connectivity index (χ0v) is 12.5. The summed E-state index contributed by atoms with van der Waals surface area (Å²) in [6.45, 7) is 0.443. The first-order valence-corrected chi connectivity index (χ1v) is 7.82. The molecule has 1 aliphatic rings. The zero-order valence-electron chi connectivity index (χ0n) is 11.7. The molecule has 22 heavy (non-hydrogen) atoms. The smallest absolute Gasteiger partial charge is 0.311 e. The van der Waals surface area contributed by atoms with E-state index in [4.69, 9.17) is 10.00 Å². The third-order valence-corrected chi connectivity index (χ3v) is 4.61. The number of anilines is 1. The van der Waals surface area contributed by atoms with E-state index in [0.717, 1.165) is 23.1 Å². The Kier molecular flexibility index (Phi) is 4.18. The molecule has 0 aromatic carbocycles. The monoisotopic (exact) mass is 318 g/mol. The minimum atomic E-state index is -0.420. The van der Waals surface area contributed by atoms with Crippen LogP contribution in [-0.4, -0.2) is 28.7 Å². The maximum absolute atomic E-state index is 11.2. The van der Waals surface area contributed by atoms with Crippen LogP contribution in [-0.2, 0) is 4.74 Å². The van der Waals surface area contributed by atoms with Gasteiger partial charge in [0.2, 0.25) is 0 Å². The van der Waals surface area contributed by atoms with Gasteiger partial charge in [-0.05, 0) is 24.3 Å². The number of ether oxygens (including phenoxy) is 1. The van der Waals surface area contributed by atoms with Gasteiger partial charge < -0.3 is 10.1 Å². The Bertz CT molecular complexity index is 731. The van der Waals surface area contributed by atoms with Gasteiger partial charge in [0, 0.05) is 6.04 Å². The first kappa shape index (κ1) is 14.7. The SMILES string of the molecule is N#CCC1CCC(Nc2c([N+](=O)[O-])cnc3ccsc23)CO1. The molecule has 3 rings (SSSR count). The largest absolute Gasteiger partial charge is 0.375 e. The van der Waals surface area contributed by atoms with Crippen molar-refractivity contribution in [3.05, 3.63) is 27.8 Å². The molecule has 0 spiro atoms. The van der Waals surface area contributed by atoms with Gasteiger partial charge in [0.25, 0.3) is 0 Å². The van der Waals surface area contributed by atoms with Gasteiger partial charge in [-0.25, -0.2) is 4.98 Å². The van der Waals surface area contributed by atoms with E-state index in [-0.39, 0.29) is 17.8 Å². The second kappa shape index (κ2) is 6.25. The van der Waals surface area contributed by atoms with Crippen molar-refractivity contribution in [3.63, 3.8) is 0 Å². The highest BCUT2D eigenvalue weighted by Crippen LogP contribution is 2.36. The maximum atomic E-state index is 11.2. The summed E-state index contributed by atoms with van der Waals surface area (Å²) in [5, 5.41) is 25.0. The highest BCUT2D eigenvalue weighted by Gasteiger charge is 2.26. The second-order valence-corrected chi connectivity index (χ2v) is 6.06. The molecule has 3 heterocycles. The van der Waals surface area contributed by atoms with E-state index >= 15 is 0 Å². The van der Waals surface area contributed by atoms with Gasteiger partial charge in [0.1, 0.15) is 11.9 Å². The number of hydrogen-bond donors (Lipinski definition) is 1. The van der Waals surface area contributed by atoms with Crippen LogP contribution in [0, 0.1) is 21.4 Å². The van der Waals surface area contributed by atoms with Crippen molar-refractivity contribution < 1.29 is 9.66 Å². The number of nitriles is 1. The Labute approximate surface area is 130 Å². The number of aromatic nitrogens is 1. The molecule has 0 aliphatic carbocycles. The average Bonchev–Trinajstić information content (AvgIpc) is 2.98. The normalized spacial score (nSPS) is 21.4. The van der Waals surface area contributed by atoms with E-state index in [1.165, 1.54) is 17.5 Å². The average molecular weight is 318 g/mol. The van der Waals surface area contributed by atoms with Crippen molar-refractivity contribution in [2.75, 3.05) is 11.9 Å². The molecule has 0 radical (unpaired) electrons. The van der Waals surface area contributed by atoms with Crippen LogP contribution in [0.5, 0.6) is 0 Å². The van der Waals surface area contributed by atoms with Crippen molar-refractivity contribution in [2.24, 2.45) is 0 Å². The molecule has 114 valence electrons. The molecule has 1 N–H and O–H groups in total. The van der Waals surface area contributed by atoms with Crippen LogP contribution in [0.2, 0.25) is 0 Å². The van der Waals surface area contributed by atoms with Crippen LogP contribution in [0.1, 0.15) is 19.3 Å². The summed E-state index contributed by atoms with van der Waals surface area (Å²) in [6, 6.07) is 3.95. The Balaban J connectivity index is 1.82. The number of fused-ring (bicyclic) bond motifs is 1. The van der Waals surface area contributed by atoms with Crippen molar-refractivity contribution in [2.45, 2.75) is 31.4 Å². The third-order valence-electron chi connectivity index (χ3n) is 3.69. The lowest BCUT2D eigenvalue weighted by Crippen LogP contribution is -2.34. The number of nitrogens with one attached hydrogen (secondary N) is 1. The Morgan fingerprint density at radius 1 is 1.59 bits per heavy atom. The van der Waals surface area contributed by atoms with Crippen LogP contribution in [0.3, 0.4) is 0 Å². The summed E-state index contributed by atoms with van der Waals surface area (Å²) in [5.41, 5.74) is 1.24. The van der Waals surface area contributed by atoms with Crippen molar-refractivity contribution in [1.82, 2.24) is 4.98 Å². The lowest BCUT2D eigenvalue weighted by molar-refractivity contribution is -0.384. The molecule has 2 aromatic heterocycles. The number of hydrogen-bond acceptors (Lipinski definition) is 7. The third kappa shape index (κ3) is 2.86. The first-order chi connectivity index (χ1) is 10.7. The molecule has 0 saturated carbocycles. The van der Waals surface area contributed by atoms with Crippen molar-refractivity contribution >= 4 is 32.9 Å². The minimum Gasteiger partial charge on any atom is -0.375 e. The predicted octanol–water partition coefficient (Wildman–Crippen LogP) is 3.08. The minimum absolute atomic E-state index is 0.00124. The highest BCUT2D eigenvalue weighted by atomic mass is 32.1. The summed E-state index contributed by atoms with van der Waals surface area (Å²) in [6.07, 6.45) is 3.24. The van der Waals surface area contributed by atoms with Gasteiger partial charge >= 0.3 is 5.69 Å². The molecule has 0 amide bonds. The van der Waals surface area contributed by atoms with Gasteiger partial charge in [0.05, 0.1) is 40.3 Å². The van der Waals surface area contributed by atoms with E-state index in [1.54, 1.807) is 0 Å². The number of nitro groups is 1. The van der Waals surface area contributed by atoms with Crippen LogP contribution >= 0.6 is 11.3 Å². The lowest BCUT2D eigenvalue weighted by atomic mass is 10.0. The summed E-state index contributed by atoms with van der Waals surface area (Å²) in [7, 11) is 0. The summed E-state index contributed by atoms with van der Waals surface area (Å²) in [4.78, 5) is 14.9. The highest BCUT2D eigenvalue weighted by molar-refractivity contribution is 7.17. The van der Waals surface area contributed by atoms with Crippen molar-refractivity contribution in [3.8, 4) is 6.07 Å². The van der Waals surface area contributed by atoms with Crippen LogP contribution < -0.4 is 5.32 Å². The van der Waals surface area contributed by atoms with Gasteiger partial charge in [0.15, 0.2) is 0 Å². The molecule has 2 unspecified atom stereocenters. The van der Waals surface area contributed by atoms with E-state index in [9.17, 15) is 10.1 Å². The summed E-state index contributed by atoms with van der Waals surface area (Å²) >= 11 is 1.43. The fourth-order valence-electron chi connectivity index (χ4n) is 2.57. The van der Waals surface area contributed by atoms with Crippen LogP contribution in [0.15, 0.2) is 17.6 Å². The van der Waals surface area contributed by atoms with Crippen molar-refractivity contribution in [1.29, 1.82) is 5.26 Å². The summed E-state index contributed by atoms with van der Waals surface area (Å²) in [5.74, 6) is 0. The van der Waals surface area contributed by atoms with Gasteiger partial charge in [-0.2, -0.15) is 5.26 Å². The van der Waals surface area contributed by atoms with Gasteiger partial charge in [-0.15, -0.1) is 11.3 Å². The fourth-order valence-corrected chi connectivity index (χ4v) is 3.42. The molecule has 1 fully saturated rings. The Morgan fingerprint density at radius 2 is 2.45 bits per heavy atom. The first-order valence-electron chi connectivity index (χ1n) is 6.94. The topological polar surface area (TPSA) is 101 Å². The number of rotatable bonds is 4. The fraction of sp³-hybridized carbons (Fsp3) is 0.429. The van der Waals surface area contributed by atoms with Crippen LogP contribution in [0.4, 0.5) is 11.4 Å². The van der Waals surface area contributed by atoms with Gasteiger partial charge in [-0.3, -0.25) is 10.1 Å². The summed E-state index contributed by atoms with van der Waals surface area (Å²) < 4.78 is 6.42. The lowest BCUT2D eigenvalue weighted by Gasteiger charge is -2.29. The molecular weight excluding hydrogens is 304 g/mol. The zero-order chi connectivity index (χ0) is 15.5. The number of pyridine rings is 1. The molecule has 0 bridgehead atoms. The predicted molar refractivity (Wildman–Crippen MR) is 82.9 cm³/mol. The molecule has 7 nitrogen and oxygen atoms in total. The number of nitrogens with zero attached hydrogens (tertiary/aromatic N) is 3. The number of thiophene rings is 1. The molecular formula is C14H14N4O3S. The molecule has 1 saturated heterocycles. The standard InChI is InChI=1S/C14H14N4O3S/c15-5-3-10-2-1-9(8-21-10)17-13-12(18(19)20)7-16-11-4-6-22-14(11)13/h4,6-7,9-10H,1-3,8H2,(H,16,17). The Hall–Kier alpha value is -2.24. The van der Waals surface area contributed by atoms with Crippen LogP contribution in [0.25, 0.3) is 10.2 Å². The van der Waals surface area contributed by atoms with E-state index in [0.29, 0.717) is 18.7 Å². The van der Waals surface area contributed by atoms with E-state index in [2.05, 4.69) is 16.4 Å². The van der Waals surface area contributed by atoms with Gasteiger partial charge in [-0.1, -0.05) is 0 Å². The maximum Gasteiger partial charge on any atom is 0.311 e. The molecule has 2 aromatic rings. The second-order valence-electron chi connectivity index (χ2n) is 5.15. The Morgan fingerprint density at radius 3 is 3.14 bits per heavy atom. The quantitative estimate of drug-likeness (QED) is 0.686. The molecule has 8 heteroatoms.